The van der Waals surface area contributed by atoms with Crippen molar-refractivity contribution in [3.63, 3.8) is 0 Å². The molecule has 0 radical (unpaired) electrons. The number of hydrogen-bond donors (Lipinski definition) is 4. The Bertz CT molecular complexity index is 630. The third-order valence-corrected chi connectivity index (χ3v) is 3.32. The van der Waals surface area contributed by atoms with Gasteiger partial charge in [-0.15, -0.1) is 0 Å². The molecule has 0 aliphatic rings. The van der Waals surface area contributed by atoms with Crippen molar-refractivity contribution in [2.45, 2.75) is 20.0 Å². The Morgan fingerprint density at radius 1 is 1.19 bits per heavy atom. The molecule has 1 aromatic carbocycles. The predicted octanol–water partition coefficient (Wildman–Crippen LogP) is 1.53. The van der Waals surface area contributed by atoms with E-state index in [0.717, 1.165) is 0 Å². The Kier molecular flexibility index (Phi) is 9.50. The van der Waals surface area contributed by atoms with Crippen LogP contribution in [-0.4, -0.2) is 54.6 Å². The smallest absolute Gasteiger partial charge is 0.347 e. The van der Waals surface area contributed by atoms with E-state index in [4.69, 9.17) is 26.2 Å². The number of rotatable bonds is 10. The van der Waals surface area contributed by atoms with Crippen molar-refractivity contribution in [1.82, 2.24) is 0 Å². The molecular weight excluding hydrogens is 364 g/mol. The Morgan fingerprint density at radius 3 is 2.35 bits per heavy atom. The van der Waals surface area contributed by atoms with Crippen LogP contribution in [-0.2, 0) is 19.1 Å². The zero-order valence-electron chi connectivity index (χ0n) is 14.6. The average molecular weight is 387 g/mol. The molecule has 0 spiro atoms. The molecule has 1 unspecified atom stereocenters. The summed E-state index contributed by atoms with van der Waals surface area (Å²) in [7, 11) is 0. The first kappa shape index (κ1) is 21.8. The molecule has 0 heterocycles. The van der Waals surface area contributed by atoms with Gasteiger partial charge in [-0.3, -0.25) is 0 Å². The highest BCUT2D eigenvalue weighted by Crippen LogP contribution is 2.26. The lowest BCUT2D eigenvalue weighted by atomic mass is 10.2. The number of hydrogen-bond acceptors (Lipinski definition) is 8. The molecule has 0 aromatic heterocycles. The molecule has 9 heteroatoms. The zero-order chi connectivity index (χ0) is 19.5. The van der Waals surface area contributed by atoms with Crippen LogP contribution in [0, 0.1) is 0 Å². The number of benzene rings is 1. The molecule has 144 valence electrons. The van der Waals surface area contributed by atoms with Crippen molar-refractivity contribution < 1.29 is 29.3 Å². The number of ether oxygens (including phenoxy) is 2. The monoisotopic (exact) mass is 386 g/mol. The van der Waals surface area contributed by atoms with Gasteiger partial charge in [0, 0.05) is 17.8 Å². The van der Waals surface area contributed by atoms with Gasteiger partial charge in [0.25, 0.3) is 0 Å². The fourth-order valence-electron chi connectivity index (χ4n) is 1.85. The topological polar surface area (TPSA) is 117 Å². The standard InChI is InChI=1S/C17H23ClN2O6/c1-3-25-16(23)13(17(24)26-4-2)9-20-14-6-5-11(18)7-15(14)19-8-12(22)10-21/h5-7,9,12,19-22H,3-4,8,10H2,1-2H3. The number of nitrogens with one attached hydrogen (secondary N) is 2. The van der Waals surface area contributed by atoms with Crippen molar-refractivity contribution in [3.05, 3.63) is 35.0 Å². The average Bonchev–Trinajstić information content (AvgIpc) is 2.61. The first-order chi connectivity index (χ1) is 12.4. The zero-order valence-corrected chi connectivity index (χ0v) is 15.4. The molecule has 8 nitrogen and oxygen atoms in total. The fourth-order valence-corrected chi connectivity index (χ4v) is 2.02. The third-order valence-electron chi connectivity index (χ3n) is 3.08. The van der Waals surface area contributed by atoms with Gasteiger partial charge in [0.1, 0.15) is 0 Å². The lowest BCUT2D eigenvalue weighted by molar-refractivity contribution is -0.146. The Morgan fingerprint density at radius 2 is 1.81 bits per heavy atom. The first-order valence-electron chi connectivity index (χ1n) is 8.06. The van der Waals surface area contributed by atoms with Crippen LogP contribution in [0.3, 0.4) is 0 Å². The summed E-state index contributed by atoms with van der Waals surface area (Å²) in [6.45, 7) is 3.16. The summed E-state index contributed by atoms with van der Waals surface area (Å²) < 4.78 is 9.71. The molecule has 26 heavy (non-hydrogen) atoms. The van der Waals surface area contributed by atoms with Crippen LogP contribution < -0.4 is 10.6 Å². The summed E-state index contributed by atoms with van der Waals surface area (Å²) >= 11 is 5.97. The number of aliphatic hydroxyl groups is 2. The van der Waals surface area contributed by atoms with Crippen LogP contribution in [0.15, 0.2) is 30.0 Å². The number of halogens is 1. The van der Waals surface area contributed by atoms with E-state index >= 15 is 0 Å². The molecule has 0 fully saturated rings. The van der Waals surface area contributed by atoms with Crippen LogP contribution in [0.5, 0.6) is 0 Å². The summed E-state index contributed by atoms with van der Waals surface area (Å²) in [5, 5.41) is 24.5. The molecule has 0 amide bonds. The van der Waals surface area contributed by atoms with Crippen molar-refractivity contribution in [2.24, 2.45) is 0 Å². The van der Waals surface area contributed by atoms with Crippen molar-refractivity contribution in [1.29, 1.82) is 0 Å². The number of anilines is 2. The van der Waals surface area contributed by atoms with Gasteiger partial charge in [-0.05, 0) is 32.0 Å². The minimum atomic E-state index is -0.952. The molecular formula is C17H23ClN2O6. The third kappa shape index (κ3) is 6.91. The second kappa shape index (κ2) is 11.3. The number of carbonyl (C=O) groups excluding carboxylic acids is 2. The maximum Gasteiger partial charge on any atom is 0.347 e. The van der Waals surface area contributed by atoms with E-state index in [9.17, 15) is 14.7 Å². The lowest BCUT2D eigenvalue weighted by Gasteiger charge is -2.15. The van der Waals surface area contributed by atoms with Gasteiger partial charge < -0.3 is 30.3 Å². The lowest BCUT2D eigenvalue weighted by Crippen LogP contribution is -2.23. The van der Waals surface area contributed by atoms with Crippen molar-refractivity contribution >= 4 is 34.9 Å². The van der Waals surface area contributed by atoms with Gasteiger partial charge in [-0.2, -0.15) is 0 Å². The van der Waals surface area contributed by atoms with Gasteiger partial charge in [0.15, 0.2) is 5.57 Å². The molecule has 1 rings (SSSR count). The van der Waals surface area contributed by atoms with Gasteiger partial charge in [0.2, 0.25) is 0 Å². The number of carbonyl (C=O) groups is 2. The second-order valence-corrected chi connectivity index (χ2v) is 5.49. The largest absolute Gasteiger partial charge is 0.462 e. The highest BCUT2D eigenvalue weighted by atomic mass is 35.5. The van der Waals surface area contributed by atoms with E-state index in [0.29, 0.717) is 16.4 Å². The predicted molar refractivity (Wildman–Crippen MR) is 98.0 cm³/mol. The van der Waals surface area contributed by atoms with E-state index in [2.05, 4.69) is 10.6 Å². The first-order valence-corrected chi connectivity index (χ1v) is 8.43. The van der Waals surface area contributed by atoms with Crippen molar-refractivity contribution in [2.75, 3.05) is 37.0 Å². The molecule has 1 atom stereocenters. The molecule has 0 saturated carbocycles. The highest BCUT2D eigenvalue weighted by molar-refractivity contribution is 6.31. The summed E-state index contributed by atoms with van der Waals surface area (Å²) in [6, 6.07) is 4.83. The maximum absolute atomic E-state index is 11.9. The fraction of sp³-hybridized carbons (Fsp3) is 0.412. The van der Waals surface area contributed by atoms with Crippen LogP contribution >= 0.6 is 11.6 Å². The van der Waals surface area contributed by atoms with E-state index < -0.39 is 24.6 Å². The Balaban J connectivity index is 3.03. The second-order valence-electron chi connectivity index (χ2n) is 5.05. The van der Waals surface area contributed by atoms with E-state index in [1.54, 1.807) is 32.0 Å². The summed E-state index contributed by atoms with van der Waals surface area (Å²) in [5.41, 5.74) is 0.712. The number of esters is 2. The molecule has 1 aromatic rings. The van der Waals surface area contributed by atoms with Gasteiger partial charge in [-0.25, -0.2) is 9.59 Å². The summed E-state index contributed by atoms with van der Waals surface area (Å²) in [4.78, 5) is 23.9. The van der Waals surface area contributed by atoms with Crippen molar-refractivity contribution in [3.8, 4) is 0 Å². The van der Waals surface area contributed by atoms with E-state index in [1.807, 2.05) is 0 Å². The minimum absolute atomic E-state index is 0.0812. The molecule has 0 bridgehead atoms. The SMILES string of the molecule is CCOC(=O)C(=CNc1ccc(Cl)cc1NCC(O)CO)C(=O)OCC. The summed E-state index contributed by atoms with van der Waals surface area (Å²) in [6.07, 6.45) is 0.236. The van der Waals surface area contributed by atoms with E-state index in [-0.39, 0.29) is 25.3 Å². The summed E-state index contributed by atoms with van der Waals surface area (Å²) in [5.74, 6) is -1.62. The van der Waals surface area contributed by atoms with Gasteiger partial charge in [-0.1, -0.05) is 11.6 Å². The Labute approximate surface area is 156 Å². The maximum atomic E-state index is 11.9. The molecule has 0 aliphatic carbocycles. The van der Waals surface area contributed by atoms with Crippen LogP contribution in [0.4, 0.5) is 11.4 Å². The van der Waals surface area contributed by atoms with Crippen LogP contribution in [0.2, 0.25) is 5.02 Å². The number of aliphatic hydroxyl groups excluding tert-OH is 2. The minimum Gasteiger partial charge on any atom is -0.462 e. The van der Waals surface area contributed by atoms with E-state index in [1.165, 1.54) is 6.20 Å². The Hall–Kier alpha value is -2.29. The van der Waals surface area contributed by atoms with Gasteiger partial charge >= 0.3 is 11.9 Å². The highest BCUT2D eigenvalue weighted by Gasteiger charge is 2.21. The molecule has 4 N–H and O–H groups in total. The quantitative estimate of drug-likeness (QED) is 0.207. The van der Waals surface area contributed by atoms with Gasteiger partial charge in [0.05, 0.1) is 37.3 Å². The van der Waals surface area contributed by atoms with Crippen LogP contribution in [0.25, 0.3) is 0 Å². The molecule has 0 saturated heterocycles. The normalized spacial score (nSPS) is 11.3. The molecule has 0 aliphatic heterocycles. The van der Waals surface area contributed by atoms with Crippen LogP contribution in [0.1, 0.15) is 13.8 Å².